The number of rotatable bonds is 7. The molecule has 142 valence electrons. The summed E-state index contributed by atoms with van der Waals surface area (Å²) in [5.41, 5.74) is 3.88. The highest BCUT2D eigenvalue weighted by molar-refractivity contribution is 5.73. The lowest BCUT2D eigenvalue weighted by Crippen LogP contribution is -2.20. The SMILES string of the molecule is C=CC(C)(CCCC(C)C)c1cc(C)cc(-n2nc3ccccc3n2)c1O. The van der Waals surface area contributed by atoms with Crippen molar-refractivity contribution in [1.29, 1.82) is 0 Å². The number of aryl methyl sites for hydroxylation is 1. The van der Waals surface area contributed by atoms with Gasteiger partial charge in [-0.05, 0) is 43.0 Å². The van der Waals surface area contributed by atoms with Gasteiger partial charge >= 0.3 is 0 Å². The van der Waals surface area contributed by atoms with E-state index in [0.717, 1.165) is 41.4 Å². The fraction of sp³-hybridized carbons (Fsp3) is 0.391. The van der Waals surface area contributed by atoms with Crippen LogP contribution in [0, 0.1) is 12.8 Å². The molecule has 3 rings (SSSR count). The zero-order valence-corrected chi connectivity index (χ0v) is 16.7. The van der Waals surface area contributed by atoms with Gasteiger partial charge in [0.25, 0.3) is 0 Å². The van der Waals surface area contributed by atoms with Crippen molar-refractivity contribution in [3.63, 3.8) is 0 Å². The van der Waals surface area contributed by atoms with Crippen molar-refractivity contribution in [1.82, 2.24) is 15.0 Å². The molecule has 3 aromatic rings. The fourth-order valence-corrected chi connectivity index (χ4v) is 3.54. The normalized spacial score (nSPS) is 13.8. The van der Waals surface area contributed by atoms with E-state index in [1.54, 1.807) is 0 Å². The second-order valence-corrected chi connectivity index (χ2v) is 8.07. The molecule has 0 saturated carbocycles. The van der Waals surface area contributed by atoms with Gasteiger partial charge in [-0.25, -0.2) is 0 Å². The molecular formula is C23H29N3O. The van der Waals surface area contributed by atoms with Gasteiger partial charge in [0.2, 0.25) is 0 Å². The van der Waals surface area contributed by atoms with Crippen LogP contribution in [0.15, 0.2) is 49.1 Å². The highest BCUT2D eigenvalue weighted by Gasteiger charge is 2.28. The van der Waals surface area contributed by atoms with Crippen molar-refractivity contribution < 1.29 is 5.11 Å². The molecule has 0 saturated heterocycles. The lowest BCUT2D eigenvalue weighted by molar-refractivity contribution is 0.418. The van der Waals surface area contributed by atoms with Gasteiger partial charge in [-0.1, -0.05) is 57.9 Å². The molecule has 0 radical (unpaired) electrons. The summed E-state index contributed by atoms with van der Waals surface area (Å²) in [6, 6.07) is 11.7. The number of phenols is 1. The van der Waals surface area contributed by atoms with Crippen molar-refractivity contribution in [2.75, 3.05) is 0 Å². The van der Waals surface area contributed by atoms with Gasteiger partial charge in [0, 0.05) is 11.0 Å². The summed E-state index contributed by atoms with van der Waals surface area (Å²) < 4.78 is 0. The summed E-state index contributed by atoms with van der Waals surface area (Å²) in [7, 11) is 0. The predicted molar refractivity (Wildman–Crippen MR) is 112 cm³/mol. The number of aromatic hydroxyl groups is 1. The van der Waals surface area contributed by atoms with Gasteiger partial charge < -0.3 is 5.11 Å². The van der Waals surface area contributed by atoms with Crippen molar-refractivity contribution in [3.8, 4) is 11.4 Å². The van der Waals surface area contributed by atoms with Crippen LogP contribution in [0.25, 0.3) is 16.7 Å². The fourth-order valence-electron chi connectivity index (χ4n) is 3.54. The molecule has 27 heavy (non-hydrogen) atoms. The van der Waals surface area contributed by atoms with Crippen LogP contribution in [0.2, 0.25) is 0 Å². The van der Waals surface area contributed by atoms with Crippen molar-refractivity contribution in [3.05, 3.63) is 60.2 Å². The van der Waals surface area contributed by atoms with E-state index in [2.05, 4.69) is 43.6 Å². The molecule has 0 amide bonds. The molecule has 0 aliphatic heterocycles. The molecule has 0 aliphatic carbocycles. The highest BCUT2D eigenvalue weighted by atomic mass is 16.3. The summed E-state index contributed by atoms with van der Waals surface area (Å²) in [5, 5.41) is 20.2. The monoisotopic (exact) mass is 363 g/mol. The summed E-state index contributed by atoms with van der Waals surface area (Å²) in [6.07, 6.45) is 5.15. The minimum Gasteiger partial charge on any atom is -0.505 e. The number of nitrogens with zero attached hydrogens (tertiary/aromatic N) is 3. The Labute approximate surface area is 161 Å². The first-order valence-corrected chi connectivity index (χ1v) is 9.64. The Balaban J connectivity index is 2.05. The first-order valence-electron chi connectivity index (χ1n) is 9.64. The van der Waals surface area contributed by atoms with Gasteiger partial charge in [0.1, 0.15) is 22.5 Å². The van der Waals surface area contributed by atoms with E-state index in [0.29, 0.717) is 11.6 Å². The van der Waals surface area contributed by atoms with Crippen LogP contribution in [0.3, 0.4) is 0 Å². The first kappa shape index (κ1) is 19.2. The van der Waals surface area contributed by atoms with Crippen LogP contribution in [0.1, 0.15) is 51.2 Å². The van der Waals surface area contributed by atoms with E-state index in [-0.39, 0.29) is 11.2 Å². The smallest absolute Gasteiger partial charge is 0.147 e. The summed E-state index contributed by atoms with van der Waals surface area (Å²) in [4.78, 5) is 1.54. The van der Waals surface area contributed by atoms with Gasteiger partial charge in [-0.15, -0.1) is 21.6 Å². The lowest BCUT2D eigenvalue weighted by Gasteiger charge is -2.29. The molecule has 2 aromatic carbocycles. The van der Waals surface area contributed by atoms with E-state index >= 15 is 0 Å². The van der Waals surface area contributed by atoms with Crippen molar-refractivity contribution in [2.45, 2.75) is 52.4 Å². The van der Waals surface area contributed by atoms with Crippen LogP contribution in [-0.4, -0.2) is 20.1 Å². The zero-order chi connectivity index (χ0) is 19.6. The number of phenolic OH excluding ortho intramolecular Hbond substituents is 1. The van der Waals surface area contributed by atoms with Gasteiger partial charge in [0.15, 0.2) is 0 Å². The quantitative estimate of drug-likeness (QED) is 0.547. The Morgan fingerprint density at radius 2 is 1.81 bits per heavy atom. The largest absolute Gasteiger partial charge is 0.505 e. The van der Waals surface area contributed by atoms with Crippen LogP contribution in [-0.2, 0) is 5.41 Å². The van der Waals surface area contributed by atoms with Crippen molar-refractivity contribution in [2.24, 2.45) is 5.92 Å². The maximum Gasteiger partial charge on any atom is 0.147 e. The Bertz CT molecular complexity index is 924. The Morgan fingerprint density at radius 1 is 1.19 bits per heavy atom. The van der Waals surface area contributed by atoms with Gasteiger partial charge in [0.05, 0.1) is 0 Å². The summed E-state index contributed by atoms with van der Waals surface area (Å²) in [5.74, 6) is 0.897. The average molecular weight is 364 g/mol. The predicted octanol–water partition coefficient (Wildman–Crippen LogP) is 5.70. The first-order chi connectivity index (χ1) is 12.8. The summed E-state index contributed by atoms with van der Waals surface area (Å²) >= 11 is 0. The number of benzene rings is 2. The Kier molecular flexibility index (Phi) is 5.36. The third-order valence-electron chi connectivity index (χ3n) is 5.28. The molecule has 1 heterocycles. The average Bonchev–Trinajstić information content (AvgIpc) is 3.06. The number of fused-ring (bicyclic) bond motifs is 1. The van der Waals surface area contributed by atoms with E-state index in [9.17, 15) is 5.11 Å². The molecule has 1 unspecified atom stereocenters. The highest BCUT2D eigenvalue weighted by Crippen LogP contribution is 2.40. The number of hydrogen-bond acceptors (Lipinski definition) is 3. The molecule has 4 heteroatoms. The number of allylic oxidation sites excluding steroid dienone is 1. The minimum absolute atomic E-state index is 0.229. The number of hydrogen-bond donors (Lipinski definition) is 1. The van der Waals surface area contributed by atoms with E-state index in [1.807, 2.05) is 43.3 Å². The number of aromatic nitrogens is 3. The van der Waals surface area contributed by atoms with E-state index < -0.39 is 0 Å². The molecule has 1 aromatic heterocycles. The van der Waals surface area contributed by atoms with Crippen LogP contribution >= 0.6 is 0 Å². The molecule has 1 N–H and O–H groups in total. The minimum atomic E-state index is -0.299. The Hall–Kier alpha value is -2.62. The van der Waals surface area contributed by atoms with E-state index in [4.69, 9.17) is 0 Å². The van der Waals surface area contributed by atoms with E-state index in [1.165, 1.54) is 4.80 Å². The van der Waals surface area contributed by atoms with Crippen LogP contribution in [0.5, 0.6) is 5.75 Å². The van der Waals surface area contributed by atoms with Crippen LogP contribution in [0.4, 0.5) is 0 Å². The zero-order valence-electron chi connectivity index (χ0n) is 16.7. The Morgan fingerprint density at radius 3 is 2.37 bits per heavy atom. The maximum absolute atomic E-state index is 11.1. The third-order valence-corrected chi connectivity index (χ3v) is 5.28. The molecule has 0 fully saturated rings. The molecular weight excluding hydrogens is 334 g/mol. The second kappa shape index (κ2) is 7.55. The molecule has 0 bridgehead atoms. The third kappa shape index (κ3) is 3.90. The molecule has 0 aliphatic rings. The summed E-state index contributed by atoms with van der Waals surface area (Å²) in [6.45, 7) is 12.7. The van der Waals surface area contributed by atoms with Gasteiger partial charge in [-0.2, -0.15) is 0 Å². The van der Waals surface area contributed by atoms with Crippen molar-refractivity contribution >= 4 is 11.0 Å². The molecule has 1 atom stereocenters. The second-order valence-electron chi connectivity index (χ2n) is 8.07. The lowest BCUT2D eigenvalue weighted by atomic mass is 9.76. The molecule has 4 nitrogen and oxygen atoms in total. The van der Waals surface area contributed by atoms with Gasteiger partial charge in [-0.3, -0.25) is 0 Å². The topological polar surface area (TPSA) is 50.9 Å². The van der Waals surface area contributed by atoms with Crippen LogP contribution < -0.4 is 0 Å². The standard InChI is InChI=1S/C23H29N3O/c1-6-23(5,13-9-10-16(2)3)18-14-17(4)15-21(22(18)27)26-24-19-11-7-8-12-20(19)25-26/h6-8,11-12,14-16,27H,1,9-10,13H2,2-5H3. The molecule has 0 spiro atoms. The maximum atomic E-state index is 11.1.